The van der Waals surface area contributed by atoms with Gasteiger partial charge in [0.05, 0.1) is 17.9 Å². The second-order valence-corrected chi connectivity index (χ2v) is 5.02. The second-order valence-electron chi connectivity index (χ2n) is 5.02. The lowest BCUT2D eigenvalue weighted by atomic mass is 10.2. The van der Waals surface area contributed by atoms with E-state index in [1.807, 2.05) is 26.0 Å². The van der Waals surface area contributed by atoms with Gasteiger partial charge in [-0.3, -0.25) is 19.9 Å². The molecule has 1 unspecified atom stereocenters. The summed E-state index contributed by atoms with van der Waals surface area (Å²) in [4.78, 5) is 28.7. The molecule has 0 aromatic carbocycles. The highest BCUT2D eigenvalue weighted by molar-refractivity contribution is 5.92. The van der Waals surface area contributed by atoms with Crippen molar-refractivity contribution in [3.63, 3.8) is 0 Å². The zero-order chi connectivity index (χ0) is 16.2. The molecule has 3 rings (SSSR count). The number of carbonyl (C=O) groups excluding carboxylic acids is 1. The second kappa shape index (κ2) is 6.30. The van der Waals surface area contributed by atoms with Gasteiger partial charge in [-0.05, 0) is 26.0 Å². The van der Waals surface area contributed by atoms with Crippen LogP contribution in [0.2, 0.25) is 0 Å². The molecule has 0 saturated heterocycles. The van der Waals surface area contributed by atoms with Crippen LogP contribution >= 0.6 is 0 Å². The normalized spacial score (nSPS) is 11.9. The standard InChI is InChI=1S/C15H15N7O/c1-9-6-18-12(8-17-9)15(23)19-10(2)13-20-14(22-21-13)11-4-3-5-16-7-11/h3-8,10H,1-2H3,(H,19,23)(H,20,21,22). The number of carbonyl (C=O) groups is 1. The maximum atomic E-state index is 12.1. The van der Waals surface area contributed by atoms with Crippen LogP contribution in [0.15, 0.2) is 36.9 Å². The van der Waals surface area contributed by atoms with Gasteiger partial charge in [-0.25, -0.2) is 9.97 Å². The van der Waals surface area contributed by atoms with Gasteiger partial charge >= 0.3 is 0 Å². The summed E-state index contributed by atoms with van der Waals surface area (Å²) in [6.07, 6.45) is 6.36. The molecule has 0 aliphatic carbocycles. The van der Waals surface area contributed by atoms with Gasteiger partial charge in [-0.2, -0.15) is 5.10 Å². The first-order chi connectivity index (χ1) is 11.1. The fraction of sp³-hybridized carbons (Fsp3) is 0.200. The number of hydrogen-bond donors (Lipinski definition) is 2. The molecule has 116 valence electrons. The Morgan fingerprint density at radius 2 is 2.13 bits per heavy atom. The molecule has 8 nitrogen and oxygen atoms in total. The molecule has 1 amide bonds. The molecule has 1 atom stereocenters. The third-order valence-corrected chi connectivity index (χ3v) is 3.19. The number of hydrogen-bond acceptors (Lipinski definition) is 6. The lowest BCUT2D eigenvalue weighted by Crippen LogP contribution is -2.28. The van der Waals surface area contributed by atoms with E-state index in [9.17, 15) is 4.79 Å². The van der Waals surface area contributed by atoms with E-state index >= 15 is 0 Å². The van der Waals surface area contributed by atoms with Crippen LogP contribution in [0.4, 0.5) is 0 Å². The summed E-state index contributed by atoms with van der Waals surface area (Å²) in [5.74, 6) is 0.769. The predicted molar refractivity (Wildman–Crippen MR) is 82.3 cm³/mol. The van der Waals surface area contributed by atoms with Gasteiger partial charge in [0.25, 0.3) is 5.91 Å². The molecule has 3 heterocycles. The monoisotopic (exact) mass is 309 g/mol. The molecule has 0 fully saturated rings. The summed E-state index contributed by atoms with van der Waals surface area (Å²) < 4.78 is 0. The number of aromatic nitrogens is 6. The van der Waals surface area contributed by atoms with E-state index in [4.69, 9.17) is 0 Å². The van der Waals surface area contributed by atoms with Crippen LogP contribution in [0.1, 0.15) is 35.0 Å². The van der Waals surface area contributed by atoms with Crippen molar-refractivity contribution in [2.45, 2.75) is 19.9 Å². The van der Waals surface area contributed by atoms with Crippen molar-refractivity contribution in [1.29, 1.82) is 0 Å². The van der Waals surface area contributed by atoms with Crippen molar-refractivity contribution >= 4 is 5.91 Å². The van der Waals surface area contributed by atoms with E-state index in [1.165, 1.54) is 6.20 Å². The molecular weight excluding hydrogens is 294 g/mol. The Bertz CT molecular complexity index is 798. The van der Waals surface area contributed by atoms with Crippen molar-refractivity contribution in [3.05, 3.63) is 54.1 Å². The highest BCUT2D eigenvalue weighted by Crippen LogP contribution is 2.15. The van der Waals surface area contributed by atoms with Crippen molar-refractivity contribution in [2.24, 2.45) is 0 Å². The molecule has 0 spiro atoms. The molecule has 23 heavy (non-hydrogen) atoms. The maximum absolute atomic E-state index is 12.1. The van der Waals surface area contributed by atoms with Crippen LogP contribution in [-0.2, 0) is 0 Å². The summed E-state index contributed by atoms with van der Waals surface area (Å²) in [5, 5.41) is 9.78. The lowest BCUT2D eigenvalue weighted by Gasteiger charge is -2.10. The van der Waals surface area contributed by atoms with Crippen molar-refractivity contribution in [3.8, 4) is 11.4 Å². The van der Waals surface area contributed by atoms with Gasteiger partial charge in [0.15, 0.2) is 5.82 Å². The minimum absolute atomic E-state index is 0.259. The Labute approximate surface area is 132 Å². The van der Waals surface area contributed by atoms with Crippen LogP contribution < -0.4 is 5.32 Å². The molecular formula is C15H15N7O. The molecule has 0 radical (unpaired) electrons. The highest BCUT2D eigenvalue weighted by Gasteiger charge is 2.16. The minimum Gasteiger partial charge on any atom is -0.341 e. The third kappa shape index (κ3) is 3.37. The number of amides is 1. The predicted octanol–water partition coefficient (Wildman–Crippen LogP) is 1.46. The van der Waals surface area contributed by atoms with Crippen LogP contribution in [0.5, 0.6) is 0 Å². The molecule has 0 aliphatic rings. The van der Waals surface area contributed by atoms with Gasteiger partial charge in [-0.1, -0.05) is 0 Å². The molecule has 0 bridgehead atoms. The van der Waals surface area contributed by atoms with E-state index < -0.39 is 0 Å². The Hall–Kier alpha value is -3.16. The average Bonchev–Trinajstić information content (AvgIpc) is 3.06. The quantitative estimate of drug-likeness (QED) is 0.755. The molecule has 3 aromatic heterocycles. The average molecular weight is 309 g/mol. The largest absolute Gasteiger partial charge is 0.341 e. The Balaban J connectivity index is 1.71. The van der Waals surface area contributed by atoms with Crippen LogP contribution in [-0.4, -0.2) is 36.0 Å². The molecule has 0 saturated carbocycles. The SMILES string of the molecule is Cc1cnc(C(=O)NC(C)c2nc(-c3cccnc3)n[nH]2)cn1. The van der Waals surface area contributed by atoms with Crippen molar-refractivity contribution in [2.75, 3.05) is 0 Å². The van der Waals surface area contributed by atoms with E-state index in [-0.39, 0.29) is 17.6 Å². The molecule has 2 N–H and O–H groups in total. The summed E-state index contributed by atoms with van der Waals surface area (Å²) in [6.45, 7) is 3.62. The van der Waals surface area contributed by atoms with E-state index in [0.29, 0.717) is 11.6 Å². The number of nitrogens with zero attached hydrogens (tertiary/aromatic N) is 5. The van der Waals surface area contributed by atoms with Gasteiger partial charge in [-0.15, -0.1) is 0 Å². The highest BCUT2D eigenvalue weighted by atomic mass is 16.1. The van der Waals surface area contributed by atoms with E-state index in [2.05, 4.69) is 35.5 Å². The smallest absolute Gasteiger partial charge is 0.272 e. The van der Waals surface area contributed by atoms with E-state index in [0.717, 1.165) is 11.3 Å². The van der Waals surface area contributed by atoms with Crippen LogP contribution in [0.3, 0.4) is 0 Å². The Kier molecular flexibility index (Phi) is 4.05. The number of H-pyrrole nitrogens is 1. The number of aryl methyl sites for hydroxylation is 1. The molecule has 8 heteroatoms. The lowest BCUT2D eigenvalue weighted by molar-refractivity contribution is 0.0933. The Morgan fingerprint density at radius 1 is 1.26 bits per heavy atom. The number of aromatic amines is 1. The number of pyridine rings is 1. The van der Waals surface area contributed by atoms with Gasteiger partial charge < -0.3 is 5.32 Å². The van der Waals surface area contributed by atoms with Crippen LogP contribution in [0.25, 0.3) is 11.4 Å². The van der Waals surface area contributed by atoms with Gasteiger partial charge in [0.2, 0.25) is 0 Å². The number of rotatable bonds is 4. The fourth-order valence-corrected chi connectivity index (χ4v) is 1.94. The minimum atomic E-state index is -0.344. The van der Waals surface area contributed by atoms with Crippen molar-refractivity contribution in [1.82, 2.24) is 35.5 Å². The number of nitrogens with one attached hydrogen (secondary N) is 2. The first-order valence-corrected chi connectivity index (χ1v) is 7.05. The first kappa shape index (κ1) is 14.8. The summed E-state index contributed by atoms with van der Waals surface area (Å²) in [7, 11) is 0. The topological polar surface area (TPSA) is 109 Å². The molecule has 0 aliphatic heterocycles. The zero-order valence-corrected chi connectivity index (χ0v) is 12.7. The summed E-state index contributed by atoms with van der Waals surface area (Å²) >= 11 is 0. The van der Waals surface area contributed by atoms with Crippen LogP contribution in [0, 0.1) is 6.92 Å². The van der Waals surface area contributed by atoms with E-state index in [1.54, 1.807) is 18.6 Å². The first-order valence-electron chi connectivity index (χ1n) is 7.05. The maximum Gasteiger partial charge on any atom is 0.272 e. The van der Waals surface area contributed by atoms with Crippen molar-refractivity contribution < 1.29 is 4.79 Å². The zero-order valence-electron chi connectivity index (χ0n) is 12.7. The van der Waals surface area contributed by atoms with Gasteiger partial charge in [0, 0.05) is 24.2 Å². The summed E-state index contributed by atoms with van der Waals surface area (Å²) in [6, 6.07) is 3.33. The summed E-state index contributed by atoms with van der Waals surface area (Å²) in [5.41, 5.74) is 1.82. The molecule has 3 aromatic rings. The fourth-order valence-electron chi connectivity index (χ4n) is 1.94. The third-order valence-electron chi connectivity index (χ3n) is 3.19. The Morgan fingerprint density at radius 3 is 2.83 bits per heavy atom. The van der Waals surface area contributed by atoms with Gasteiger partial charge in [0.1, 0.15) is 11.5 Å².